The summed E-state index contributed by atoms with van der Waals surface area (Å²) < 4.78 is 10.9. The van der Waals surface area contributed by atoms with E-state index < -0.39 is 0 Å². The number of esters is 1. The van der Waals surface area contributed by atoms with E-state index in [-0.39, 0.29) is 18.4 Å². The van der Waals surface area contributed by atoms with Crippen LogP contribution in [0.25, 0.3) is 0 Å². The minimum absolute atomic E-state index is 0.0857. The Morgan fingerprint density at radius 1 is 0.778 bits per heavy atom. The molecule has 0 aromatic carbocycles. The predicted octanol–water partition coefficient (Wildman–Crippen LogP) is 7.73. The lowest BCUT2D eigenvalue weighted by molar-refractivity contribution is -0.187. The van der Waals surface area contributed by atoms with Crippen LogP contribution in [0.4, 0.5) is 0 Å². The van der Waals surface area contributed by atoms with Crippen LogP contribution < -0.4 is 0 Å². The molecule has 0 spiro atoms. The number of carbonyl (C=O) groups excluding carboxylic acids is 1. The molecule has 0 aliphatic rings. The number of hydrogen-bond acceptors (Lipinski definition) is 3. The molecule has 0 saturated heterocycles. The summed E-state index contributed by atoms with van der Waals surface area (Å²) in [5.41, 5.74) is 0. The highest BCUT2D eigenvalue weighted by molar-refractivity contribution is 5.69. The molecule has 0 saturated carbocycles. The predicted molar refractivity (Wildman–Crippen MR) is 116 cm³/mol. The number of rotatable bonds is 19. The van der Waals surface area contributed by atoms with Crippen LogP contribution in [-0.4, -0.2) is 18.4 Å². The van der Waals surface area contributed by atoms with Gasteiger partial charge in [-0.1, -0.05) is 77.4 Å². The minimum atomic E-state index is -0.388. The average molecular weight is 383 g/mol. The zero-order valence-corrected chi connectivity index (χ0v) is 18.6. The zero-order chi connectivity index (χ0) is 20.2. The molecular formula is C24H46O3. The Balaban J connectivity index is 3.39. The number of unbranched alkanes of at least 4 members (excludes halogenated alkanes) is 11. The molecule has 0 bridgehead atoms. The van der Waals surface area contributed by atoms with Crippen LogP contribution in [0.1, 0.15) is 124 Å². The highest BCUT2D eigenvalue weighted by Crippen LogP contribution is 2.11. The van der Waals surface area contributed by atoms with Crippen molar-refractivity contribution < 1.29 is 14.3 Å². The molecule has 1 atom stereocenters. The third-order valence-electron chi connectivity index (χ3n) is 4.66. The first-order valence-corrected chi connectivity index (χ1v) is 11.6. The SMILES string of the molecule is CCCCCCCC/C=C\CCCCCCCC(=O)OC(CC)OC(C)C. The van der Waals surface area contributed by atoms with Crippen molar-refractivity contribution in [2.45, 2.75) is 136 Å². The summed E-state index contributed by atoms with van der Waals surface area (Å²) in [6, 6.07) is 0. The van der Waals surface area contributed by atoms with Crippen LogP contribution in [0.5, 0.6) is 0 Å². The van der Waals surface area contributed by atoms with Gasteiger partial charge in [-0.25, -0.2) is 0 Å². The van der Waals surface area contributed by atoms with Gasteiger partial charge >= 0.3 is 5.97 Å². The van der Waals surface area contributed by atoms with E-state index in [1.54, 1.807) is 0 Å². The van der Waals surface area contributed by atoms with Crippen molar-refractivity contribution in [1.82, 2.24) is 0 Å². The van der Waals surface area contributed by atoms with Crippen molar-refractivity contribution >= 4 is 5.97 Å². The van der Waals surface area contributed by atoms with Gasteiger partial charge in [0, 0.05) is 12.8 Å². The Morgan fingerprint density at radius 2 is 1.30 bits per heavy atom. The minimum Gasteiger partial charge on any atom is -0.436 e. The molecule has 0 aliphatic carbocycles. The molecule has 0 radical (unpaired) electrons. The van der Waals surface area contributed by atoms with E-state index in [1.165, 1.54) is 70.6 Å². The molecule has 0 amide bonds. The lowest BCUT2D eigenvalue weighted by Gasteiger charge is -2.19. The lowest BCUT2D eigenvalue weighted by Crippen LogP contribution is -2.23. The maximum absolute atomic E-state index is 11.8. The second kappa shape index (κ2) is 19.9. The van der Waals surface area contributed by atoms with E-state index in [2.05, 4.69) is 19.1 Å². The Morgan fingerprint density at radius 3 is 1.81 bits per heavy atom. The summed E-state index contributed by atoms with van der Waals surface area (Å²) in [7, 11) is 0. The second-order valence-electron chi connectivity index (χ2n) is 7.85. The van der Waals surface area contributed by atoms with Gasteiger partial charge in [-0.15, -0.1) is 0 Å². The zero-order valence-electron chi connectivity index (χ0n) is 18.6. The number of hydrogen-bond donors (Lipinski definition) is 0. The fourth-order valence-electron chi connectivity index (χ4n) is 3.06. The highest BCUT2D eigenvalue weighted by Gasteiger charge is 2.13. The highest BCUT2D eigenvalue weighted by atomic mass is 16.7. The van der Waals surface area contributed by atoms with E-state index in [1.807, 2.05) is 20.8 Å². The monoisotopic (exact) mass is 382 g/mol. The van der Waals surface area contributed by atoms with Gasteiger partial charge in [0.25, 0.3) is 0 Å². The molecule has 0 aromatic heterocycles. The number of carbonyl (C=O) groups is 1. The second-order valence-corrected chi connectivity index (χ2v) is 7.85. The van der Waals surface area contributed by atoms with Crippen molar-refractivity contribution in [2.24, 2.45) is 0 Å². The van der Waals surface area contributed by atoms with Gasteiger partial charge < -0.3 is 9.47 Å². The van der Waals surface area contributed by atoms with Gasteiger partial charge in [0.1, 0.15) is 0 Å². The van der Waals surface area contributed by atoms with Gasteiger partial charge in [-0.3, -0.25) is 4.79 Å². The normalized spacial score (nSPS) is 12.8. The van der Waals surface area contributed by atoms with Crippen molar-refractivity contribution in [3.8, 4) is 0 Å². The summed E-state index contributed by atoms with van der Waals surface area (Å²) in [5.74, 6) is -0.125. The topological polar surface area (TPSA) is 35.5 Å². The molecule has 27 heavy (non-hydrogen) atoms. The van der Waals surface area contributed by atoms with Crippen molar-refractivity contribution in [1.29, 1.82) is 0 Å². The smallest absolute Gasteiger partial charge is 0.308 e. The first-order valence-electron chi connectivity index (χ1n) is 11.6. The molecule has 0 N–H and O–H groups in total. The van der Waals surface area contributed by atoms with E-state index >= 15 is 0 Å². The molecule has 1 unspecified atom stereocenters. The number of ether oxygens (including phenoxy) is 2. The molecule has 0 heterocycles. The Kier molecular flexibility index (Phi) is 19.3. The van der Waals surface area contributed by atoms with Crippen LogP contribution in [-0.2, 0) is 14.3 Å². The fourth-order valence-corrected chi connectivity index (χ4v) is 3.06. The third-order valence-corrected chi connectivity index (χ3v) is 4.66. The Labute approximate surface area is 169 Å². The molecular weight excluding hydrogens is 336 g/mol. The van der Waals surface area contributed by atoms with Crippen LogP contribution in [0.2, 0.25) is 0 Å². The molecule has 0 aromatic rings. The first kappa shape index (κ1) is 26.2. The van der Waals surface area contributed by atoms with Gasteiger partial charge in [-0.2, -0.15) is 0 Å². The number of allylic oxidation sites excluding steroid dienone is 2. The lowest BCUT2D eigenvalue weighted by atomic mass is 10.1. The first-order chi connectivity index (χ1) is 13.1. The summed E-state index contributed by atoms with van der Waals surface area (Å²) in [6.45, 7) is 8.16. The van der Waals surface area contributed by atoms with Gasteiger partial charge in [0.2, 0.25) is 6.29 Å². The molecule has 3 nitrogen and oxygen atoms in total. The quantitative estimate of drug-likeness (QED) is 0.0992. The van der Waals surface area contributed by atoms with Crippen molar-refractivity contribution in [3.63, 3.8) is 0 Å². The largest absolute Gasteiger partial charge is 0.436 e. The maximum Gasteiger partial charge on any atom is 0.308 e. The molecule has 0 rings (SSSR count). The molecule has 3 heteroatoms. The van der Waals surface area contributed by atoms with Crippen molar-refractivity contribution in [3.05, 3.63) is 12.2 Å². The van der Waals surface area contributed by atoms with Gasteiger partial charge in [-0.05, 0) is 46.0 Å². The maximum atomic E-state index is 11.8. The van der Waals surface area contributed by atoms with Crippen LogP contribution in [0.15, 0.2) is 12.2 Å². The van der Waals surface area contributed by atoms with E-state index in [4.69, 9.17) is 9.47 Å². The molecule has 0 aliphatic heterocycles. The van der Waals surface area contributed by atoms with E-state index in [0.29, 0.717) is 12.8 Å². The van der Waals surface area contributed by atoms with Crippen LogP contribution in [0, 0.1) is 0 Å². The van der Waals surface area contributed by atoms with Crippen molar-refractivity contribution in [2.75, 3.05) is 0 Å². The molecule has 160 valence electrons. The fraction of sp³-hybridized carbons (Fsp3) is 0.875. The van der Waals surface area contributed by atoms with Crippen LogP contribution in [0.3, 0.4) is 0 Å². The Bertz CT molecular complexity index is 350. The van der Waals surface area contributed by atoms with E-state index in [0.717, 1.165) is 12.8 Å². The summed E-state index contributed by atoms with van der Waals surface area (Å²) in [5, 5.41) is 0. The standard InChI is InChI=1S/C24H46O3/c1-5-7-8-9-10-11-12-13-14-15-16-17-18-19-20-21-23(25)27-24(6-2)26-22(3)4/h13-14,22,24H,5-12,15-21H2,1-4H3/b14-13-. The third kappa shape index (κ3) is 19.7. The van der Waals surface area contributed by atoms with Crippen LogP contribution >= 0.6 is 0 Å². The van der Waals surface area contributed by atoms with Gasteiger partial charge in [0.15, 0.2) is 0 Å². The Hall–Kier alpha value is -0.830. The summed E-state index contributed by atoms with van der Waals surface area (Å²) >= 11 is 0. The van der Waals surface area contributed by atoms with E-state index in [9.17, 15) is 4.79 Å². The summed E-state index contributed by atoms with van der Waals surface area (Å²) in [6.07, 6.45) is 22.1. The molecule has 0 fully saturated rings. The average Bonchev–Trinajstić information content (AvgIpc) is 2.64. The summed E-state index contributed by atoms with van der Waals surface area (Å²) in [4.78, 5) is 11.8. The van der Waals surface area contributed by atoms with Gasteiger partial charge in [0.05, 0.1) is 6.10 Å².